The van der Waals surface area contributed by atoms with Crippen LogP contribution in [-0.2, 0) is 0 Å². The average Bonchev–Trinajstić information content (AvgIpc) is 1.92. The first-order valence-electron chi connectivity index (χ1n) is 4.58. The molecular formula is C8H17N5. The van der Waals surface area contributed by atoms with E-state index in [2.05, 4.69) is 9.98 Å². The zero-order chi connectivity index (χ0) is 9.68. The lowest BCUT2D eigenvalue weighted by molar-refractivity contribution is 0.300. The summed E-state index contributed by atoms with van der Waals surface area (Å²) in [5, 5.41) is 0. The molecule has 0 aliphatic heterocycles. The van der Waals surface area contributed by atoms with Crippen molar-refractivity contribution in [2.75, 3.05) is 6.54 Å². The van der Waals surface area contributed by atoms with Crippen molar-refractivity contribution < 1.29 is 0 Å². The van der Waals surface area contributed by atoms with Crippen molar-refractivity contribution in [3.8, 4) is 0 Å². The van der Waals surface area contributed by atoms with Gasteiger partial charge in [-0.15, -0.1) is 0 Å². The van der Waals surface area contributed by atoms with Gasteiger partial charge in [0.05, 0.1) is 0 Å². The van der Waals surface area contributed by atoms with E-state index in [9.17, 15) is 0 Å². The molecule has 0 amide bonds. The molecule has 1 rings (SSSR count). The average molecular weight is 183 g/mol. The van der Waals surface area contributed by atoms with Crippen LogP contribution < -0.4 is 17.2 Å². The summed E-state index contributed by atoms with van der Waals surface area (Å²) in [5.41, 5.74) is 15.7. The quantitative estimate of drug-likeness (QED) is 0.415. The highest BCUT2D eigenvalue weighted by Gasteiger charge is 2.16. The van der Waals surface area contributed by atoms with Crippen LogP contribution >= 0.6 is 0 Å². The van der Waals surface area contributed by atoms with Crippen molar-refractivity contribution >= 4 is 11.9 Å². The van der Waals surface area contributed by atoms with Crippen LogP contribution in [-0.4, -0.2) is 18.5 Å². The molecular weight excluding hydrogens is 166 g/mol. The van der Waals surface area contributed by atoms with E-state index in [1.807, 2.05) is 0 Å². The van der Waals surface area contributed by atoms with Crippen LogP contribution in [0.15, 0.2) is 9.98 Å². The molecule has 0 spiro atoms. The largest absolute Gasteiger partial charge is 0.370 e. The maximum atomic E-state index is 5.42. The van der Waals surface area contributed by atoms with E-state index in [0.717, 1.165) is 18.9 Å². The zero-order valence-electron chi connectivity index (χ0n) is 7.74. The molecule has 1 fully saturated rings. The molecule has 0 saturated heterocycles. The van der Waals surface area contributed by atoms with Crippen LogP contribution in [0.1, 0.15) is 25.7 Å². The SMILES string of the molecule is NC(N)=NC(N)=NCCC1CCC1. The Morgan fingerprint density at radius 3 is 2.38 bits per heavy atom. The van der Waals surface area contributed by atoms with E-state index >= 15 is 0 Å². The third-order valence-electron chi connectivity index (χ3n) is 2.28. The highest BCUT2D eigenvalue weighted by Crippen LogP contribution is 2.28. The van der Waals surface area contributed by atoms with Crippen molar-refractivity contribution in [1.82, 2.24) is 0 Å². The fraction of sp³-hybridized carbons (Fsp3) is 0.750. The Morgan fingerprint density at radius 2 is 1.92 bits per heavy atom. The Hall–Kier alpha value is -1.26. The Balaban J connectivity index is 2.18. The molecule has 0 aromatic carbocycles. The first-order chi connectivity index (χ1) is 6.18. The van der Waals surface area contributed by atoms with Crippen LogP contribution in [0.5, 0.6) is 0 Å². The second-order valence-corrected chi connectivity index (χ2v) is 3.36. The topological polar surface area (TPSA) is 103 Å². The number of guanidine groups is 2. The van der Waals surface area contributed by atoms with Gasteiger partial charge in [-0.3, -0.25) is 4.99 Å². The van der Waals surface area contributed by atoms with Gasteiger partial charge in [-0.05, 0) is 12.3 Å². The number of hydrogen-bond donors (Lipinski definition) is 3. The minimum absolute atomic E-state index is 0.0371. The third-order valence-corrected chi connectivity index (χ3v) is 2.28. The Kier molecular flexibility index (Phi) is 3.54. The number of nitrogens with two attached hydrogens (primary N) is 3. The number of hydrogen-bond acceptors (Lipinski definition) is 1. The molecule has 74 valence electrons. The molecule has 13 heavy (non-hydrogen) atoms. The monoisotopic (exact) mass is 183 g/mol. The number of aliphatic imine (C=N–C) groups is 2. The summed E-state index contributed by atoms with van der Waals surface area (Å²) in [6, 6.07) is 0. The van der Waals surface area contributed by atoms with Crippen molar-refractivity contribution in [3.63, 3.8) is 0 Å². The molecule has 0 aromatic rings. The van der Waals surface area contributed by atoms with Gasteiger partial charge in [0.25, 0.3) is 0 Å². The first kappa shape index (κ1) is 9.83. The lowest BCUT2D eigenvalue weighted by atomic mass is 9.83. The van der Waals surface area contributed by atoms with Gasteiger partial charge in [-0.1, -0.05) is 19.3 Å². The second kappa shape index (κ2) is 4.69. The van der Waals surface area contributed by atoms with Gasteiger partial charge in [0.1, 0.15) is 0 Å². The highest BCUT2D eigenvalue weighted by atomic mass is 15.1. The minimum atomic E-state index is -0.0371. The van der Waals surface area contributed by atoms with E-state index in [4.69, 9.17) is 17.2 Å². The number of rotatable bonds is 3. The maximum Gasteiger partial charge on any atom is 0.218 e. The van der Waals surface area contributed by atoms with Gasteiger partial charge >= 0.3 is 0 Å². The molecule has 0 bridgehead atoms. The van der Waals surface area contributed by atoms with Gasteiger partial charge in [-0.2, -0.15) is 4.99 Å². The van der Waals surface area contributed by atoms with Crippen molar-refractivity contribution in [3.05, 3.63) is 0 Å². The second-order valence-electron chi connectivity index (χ2n) is 3.36. The highest BCUT2D eigenvalue weighted by molar-refractivity contribution is 5.92. The summed E-state index contributed by atoms with van der Waals surface area (Å²) in [5.74, 6) is 0.986. The van der Waals surface area contributed by atoms with E-state index in [0.29, 0.717) is 0 Å². The van der Waals surface area contributed by atoms with E-state index in [1.165, 1.54) is 19.3 Å². The fourth-order valence-electron chi connectivity index (χ4n) is 1.31. The van der Waals surface area contributed by atoms with Gasteiger partial charge in [0, 0.05) is 6.54 Å². The molecule has 1 saturated carbocycles. The van der Waals surface area contributed by atoms with Gasteiger partial charge in [0.15, 0.2) is 5.96 Å². The molecule has 5 heteroatoms. The van der Waals surface area contributed by atoms with Crippen molar-refractivity contribution in [2.45, 2.75) is 25.7 Å². The van der Waals surface area contributed by atoms with Crippen LogP contribution in [0, 0.1) is 5.92 Å². The lowest BCUT2D eigenvalue weighted by Gasteiger charge is -2.24. The minimum Gasteiger partial charge on any atom is -0.370 e. The molecule has 0 radical (unpaired) electrons. The summed E-state index contributed by atoms with van der Waals surface area (Å²) in [7, 11) is 0. The van der Waals surface area contributed by atoms with Gasteiger partial charge in [0.2, 0.25) is 5.96 Å². The Bertz CT molecular complexity index is 213. The molecule has 1 aliphatic rings. The van der Waals surface area contributed by atoms with E-state index in [1.54, 1.807) is 0 Å². The predicted molar refractivity (Wildman–Crippen MR) is 54.3 cm³/mol. The van der Waals surface area contributed by atoms with Crippen LogP contribution in [0.3, 0.4) is 0 Å². The standard InChI is InChI=1S/C8H17N5/c9-7(10)13-8(11)12-5-4-6-2-1-3-6/h6H,1-5H2,(H6,9,10,11,12,13). The molecule has 0 heterocycles. The lowest BCUT2D eigenvalue weighted by Crippen LogP contribution is -2.26. The van der Waals surface area contributed by atoms with Crippen LogP contribution in [0.25, 0.3) is 0 Å². The molecule has 1 aliphatic carbocycles. The Morgan fingerprint density at radius 1 is 1.23 bits per heavy atom. The van der Waals surface area contributed by atoms with E-state index < -0.39 is 0 Å². The summed E-state index contributed by atoms with van der Waals surface area (Å²) in [6.45, 7) is 0.729. The van der Waals surface area contributed by atoms with E-state index in [-0.39, 0.29) is 11.9 Å². The molecule has 5 nitrogen and oxygen atoms in total. The maximum absolute atomic E-state index is 5.42. The predicted octanol–water partition coefficient (Wildman–Crippen LogP) is -0.235. The molecule has 6 N–H and O–H groups in total. The van der Waals surface area contributed by atoms with Crippen molar-refractivity contribution in [2.24, 2.45) is 33.1 Å². The molecule has 0 unspecified atom stereocenters. The Labute approximate surface area is 78.1 Å². The summed E-state index contributed by atoms with van der Waals surface area (Å²) in [4.78, 5) is 7.65. The van der Waals surface area contributed by atoms with Gasteiger partial charge < -0.3 is 17.2 Å². The number of nitrogens with zero attached hydrogens (tertiary/aromatic N) is 2. The molecule has 0 atom stereocenters. The van der Waals surface area contributed by atoms with Gasteiger partial charge in [-0.25, -0.2) is 0 Å². The van der Waals surface area contributed by atoms with Crippen LogP contribution in [0.2, 0.25) is 0 Å². The summed E-state index contributed by atoms with van der Waals surface area (Å²) >= 11 is 0. The zero-order valence-corrected chi connectivity index (χ0v) is 7.74. The fourth-order valence-corrected chi connectivity index (χ4v) is 1.31. The van der Waals surface area contributed by atoms with Crippen molar-refractivity contribution in [1.29, 1.82) is 0 Å². The van der Waals surface area contributed by atoms with Crippen LogP contribution in [0.4, 0.5) is 0 Å². The first-order valence-corrected chi connectivity index (χ1v) is 4.58. The smallest absolute Gasteiger partial charge is 0.218 e. The summed E-state index contributed by atoms with van der Waals surface area (Å²) in [6.07, 6.45) is 5.12. The summed E-state index contributed by atoms with van der Waals surface area (Å²) < 4.78 is 0. The molecule has 0 aromatic heterocycles. The normalized spacial score (nSPS) is 18.0. The third kappa shape index (κ3) is 3.78.